The minimum absolute atomic E-state index is 0.562. The summed E-state index contributed by atoms with van der Waals surface area (Å²) in [6, 6.07) is 0. The zero-order chi connectivity index (χ0) is 12.0. The maximum Gasteiger partial charge on any atom is 0.233 e. The Morgan fingerprint density at radius 1 is 1.56 bits per heavy atom. The van der Waals surface area contributed by atoms with E-state index in [0.717, 1.165) is 28.8 Å². The van der Waals surface area contributed by atoms with Crippen molar-refractivity contribution in [2.45, 2.75) is 20.3 Å². The average molecular weight is 286 g/mol. The fourth-order valence-electron chi connectivity index (χ4n) is 1.07. The Labute approximate surface area is 104 Å². The molecule has 0 spiro atoms. The first-order valence-electron chi connectivity index (χ1n) is 5.16. The van der Waals surface area contributed by atoms with Crippen LogP contribution in [0.1, 0.15) is 20.3 Å². The smallest absolute Gasteiger partial charge is 0.233 e. The van der Waals surface area contributed by atoms with Crippen molar-refractivity contribution in [1.29, 1.82) is 0 Å². The Morgan fingerprint density at radius 2 is 2.31 bits per heavy atom. The number of halogens is 1. The molecule has 0 aliphatic rings. The summed E-state index contributed by atoms with van der Waals surface area (Å²) in [6.07, 6.45) is 2.31. The molecule has 0 aliphatic heterocycles. The molecule has 1 aromatic rings. The van der Waals surface area contributed by atoms with E-state index in [0.29, 0.717) is 12.5 Å². The molecule has 4 nitrogen and oxygen atoms in total. The van der Waals surface area contributed by atoms with Crippen LogP contribution in [0, 0.1) is 0 Å². The van der Waals surface area contributed by atoms with Crippen LogP contribution in [0.3, 0.4) is 0 Å². The highest BCUT2D eigenvalue weighted by atomic mass is 79.9. The molecule has 0 unspecified atom stereocenters. The summed E-state index contributed by atoms with van der Waals surface area (Å²) in [4.78, 5) is 8.17. The van der Waals surface area contributed by atoms with Gasteiger partial charge in [0.15, 0.2) is 0 Å². The minimum atomic E-state index is 0.562. The monoisotopic (exact) mass is 285 g/mol. The lowest BCUT2D eigenvalue weighted by Crippen LogP contribution is -2.05. The largest absolute Gasteiger partial charge is 0.476 e. The first-order valence-corrected chi connectivity index (χ1v) is 5.96. The van der Waals surface area contributed by atoms with Gasteiger partial charge in [-0.3, -0.25) is 0 Å². The molecule has 0 amide bonds. The lowest BCUT2D eigenvalue weighted by atomic mass is 10.3. The highest BCUT2D eigenvalue weighted by molar-refractivity contribution is 9.10. The summed E-state index contributed by atoms with van der Waals surface area (Å²) < 4.78 is 6.30. The van der Waals surface area contributed by atoms with E-state index in [9.17, 15) is 0 Å². The molecule has 0 aromatic carbocycles. The van der Waals surface area contributed by atoms with Crippen molar-refractivity contribution in [3.05, 3.63) is 23.0 Å². The predicted molar refractivity (Wildman–Crippen MR) is 68.8 cm³/mol. The second-order valence-electron chi connectivity index (χ2n) is 3.43. The van der Waals surface area contributed by atoms with Crippen LogP contribution in [0.5, 0.6) is 5.88 Å². The minimum Gasteiger partial charge on any atom is -0.476 e. The third kappa shape index (κ3) is 3.81. The van der Waals surface area contributed by atoms with Gasteiger partial charge in [0, 0.05) is 13.0 Å². The number of rotatable bonds is 6. The average Bonchev–Trinajstić information content (AvgIpc) is 2.23. The van der Waals surface area contributed by atoms with Gasteiger partial charge in [-0.1, -0.05) is 5.57 Å². The van der Waals surface area contributed by atoms with Crippen molar-refractivity contribution in [1.82, 2.24) is 9.97 Å². The fraction of sp³-hybridized carbons (Fsp3) is 0.455. The molecule has 1 heterocycles. The number of aromatic nitrogens is 2. The maximum absolute atomic E-state index is 5.54. The van der Waals surface area contributed by atoms with Crippen LogP contribution in [0.2, 0.25) is 0 Å². The molecule has 1 rings (SSSR count). The molecule has 0 bridgehead atoms. The van der Waals surface area contributed by atoms with Crippen LogP contribution in [0.15, 0.2) is 23.0 Å². The van der Waals surface area contributed by atoms with Gasteiger partial charge in [0.05, 0.1) is 6.61 Å². The van der Waals surface area contributed by atoms with E-state index in [1.54, 1.807) is 0 Å². The van der Waals surface area contributed by atoms with E-state index in [4.69, 9.17) is 4.74 Å². The van der Waals surface area contributed by atoms with Crippen molar-refractivity contribution in [3.8, 4) is 5.88 Å². The summed E-state index contributed by atoms with van der Waals surface area (Å²) in [5.74, 6) is 1.31. The zero-order valence-electron chi connectivity index (χ0n) is 9.59. The Morgan fingerprint density at radius 3 is 2.94 bits per heavy atom. The SMILES string of the molecule is C=C(C)CCOc1ncnc(NCC)c1Br. The maximum atomic E-state index is 5.54. The van der Waals surface area contributed by atoms with Gasteiger partial charge >= 0.3 is 0 Å². The predicted octanol–water partition coefficient (Wildman–Crippen LogP) is 3.02. The van der Waals surface area contributed by atoms with Crippen molar-refractivity contribution in [2.24, 2.45) is 0 Å². The summed E-state index contributed by atoms with van der Waals surface area (Å²) in [5, 5.41) is 3.12. The van der Waals surface area contributed by atoms with E-state index < -0.39 is 0 Å². The fourth-order valence-corrected chi connectivity index (χ4v) is 1.53. The molecular formula is C11H16BrN3O. The normalized spacial score (nSPS) is 9.94. The molecule has 0 saturated heterocycles. The van der Waals surface area contributed by atoms with Gasteiger partial charge in [-0.15, -0.1) is 6.58 Å². The van der Waals surface area contributed by atoms with Crippen LogP contribution in [0.25, 0.3) is 0 Å². The van der Waals surface area contributed by atoms with Crippen molar-refractivity contribution >= 4 is 21.7 Å². The quantitative estimate of drug-likeness (QED) is 0.817. The number of nitrogens with zero attached hydrogens (tertiary/aromatic N) is 2. The number of hydrogen-bond acceptors (Lipinski definition) is 4. The van der Waals surface area contributed by atoms with Crippen LogP contribution in [-0.2, 0) is 0 Å². The highest BCUT2D eigenvalue weighted by Crippen LogP contribution is 2.28. The van der Waals surface area contributed by atoms with Crippen molar-refractivity contribution in [2.75, 3.05) is 18.5 Å². The van der Waals surface area contributed by atoms with E-state index in [-0.39, 0.29) is 0 Å². The second-order valence-corrected chi connectivity index (χ2v) is 4.22. The topological polar surface area (TPSA) is 47.0 Å². The van der Waals surface area contributed by atoms with Crippen LogP contribution in [0.4, 0.5) is 5.82 Å². The van der Waals surface area contributed by atoms with Gasteiger partial charge in [-0.25, -0.2) is 9.97 Å². The number of anilines is 1. The standard InChI is InChI=1S/C11H16BrN3O/c1-4-13-10-9(12)11(15-7-14-10)16-6-5-8(2)3/h7H,2,4-6H2,1,3H3,(H,13,14,15). The Hall–Kier alpha value is -1.10. The van der Waals surface area contributed by atoms with E-state index >= 15 is 0 Å². The third-order valence-corrected chi connectivity index (χ3v) is 2.58. The molecule has 0 radical (unpaired) electrons. The first kappa shape index (κ1) is 13.0. The number of ether oxygens (including phenoxy) is 1. The molecule has 5 heteroatoms. The summed E-state index contributed by atoms with van der Waals surface area (Å²) in [7, 11) is 0. The first-order chi connectivity index (χ1) is 7.65. The molecule has 0 atom stereocenters. The van der Waals surface area contributed by atoms with Crippen molar-refractivity contribution < 1.29 is 4.74 Å². The molecule has 0 saturated carbocycles. The highest BCUT2D eigenvalue weighted by Gasteiger charge is 2.08. The molecule has 88 valence electrons. The van der Waals surface area contributed by atoms with Gasteiger partial charge in [0.2, 0.25) is 5.88 Å². The molecular weight excluding hydrogens is 270 g/mol. The Bertz CT molecular complexity index is 368. The molecule has 0 aliphatic carbocycles. The van der Waals surface area contributed by atoms with Crippen LogP contribution < -0.4 is 10.1 Å². The summed E-state index contributed by atoms with van der Waals surface area (Å²) in [6.45, 7) is 9.19. The number of hydrogen-bond donors (Lipinski definition) is 1. The lowest BCUT2D eigenvalue weighted by molar-refractivity contribution is 0.307. The van der Waals surface area contributed by atoms with E-state index in [2.05, 4.69) is 37.8 Å². The van der Waals surface area contributed by atoms with Gasteiger partial charge < -0.3 is 10.1 Å². The van der Waals surface area contributed by atoms with Gasteiger partial charge in [-0.05, 0) is 29.8 Å². The second kappa shape index (κ2) is 6.48. The van der Waals surface area contributed by atoms with E-state index in [1.165, 1.54) is 6.33 Å². The molecule has 1 aromatic heterocycles. The molecule has 1 N–H and O–H groups in total. The lowest BCUT2D eigenvalue weighted by Gasteiger charge is -2.09. The molecule has 0 fully saturated rings. The summed E-state index contributed by atoms with van der Waals surface area (Å²) >= 11 is 3.41. The molecule has 16 heavy (non-hydrogen) atoms. The number of nitrogens with one attached hydrogen (secondary N) is 1. The Kier molecular flexibility index (Phi) is 5.25. The van der Waals surface area contributed by atoms with Crippen molar-refractivity contribution in [3.63, 3.8) is 0 Å². The van der Waals surface area contributed by atoms with Crippen LogP contribution >= 0.6 is 15.9 Å². The van der Waals surface area contributed by atoms with E-state index in [1.807, 2.05) is 13.8 Å². The summed E-state index contributed by atoms with van der Waals surface area (Å²) in [5.41, 5.74) is 1.09. The van der Waals surface area contributed by atoms with Gasteiger partial charge in [-0.2, -0.15) is 0 Å². The van der Waals surface area contributed by atoms with Gasteiger partial charge in [0.1, 0.15) is 16.6 Å². The Balaban J connectivity index is 2.65. The van der Waals surface area contributed by atoms with Crippen LogP contribution in [-0.4, -0.2) is 23.1 Å². The third-order valence-electron chi connectivity index (χ3n) is 1.87. The van der Waals surface area contributed by atoms with Gasteiger partial charge in [0.25, 0.3) is 0 Å². The zero-order valence-corrected chi connectivity index (χ0v) is 11.2.